The van der Waals surface area contributed by atoms with Gasteiger partial charge in [-0.1, -0.05) is 0 Å². The minimum Gasteiger partial charge on any atom is -0.480 e. The second-order valence-corrected chi connectivity index (χ2v) is 4.67. The fraction of sp³-hybridized carbons (Fsp3) is 0.727. The molecule has 1 saturated carbocycles. The molecule has 7 nitrogen and oxygen atoms in total. The van der Waals surface area contributed by atoms with E-state index in [9.17, 15) is 14.4 Å². The molecule has 6 N–H and O–H groups in total. The van der Waals surface area contributed by atoms with Crippen LogP contribution in [0, 0.1) is 5.92 Å². The summed E-state index contributed by atoms with van der Waals surface area (Å²) in [7, 11) is 0. The van der Waals surface area contributed by atoms with E-state index in [2.05, 4.69) is 5.32 Å². The Morgan fingerprint density at radius 3 is 2.39 bits per heavy atom. The van der Waals surface area contributed by atoms with Crippen molar-refractivity contribution in [3.63, 3.8) is 0 Å². The van der Waals surface area contributed by atoms with Crippen LogP contribution < -0.4 is 16.8 Å². The van der Waals surface area contributed by atoms with Crippen LogP contribution in [0.1, 0.15) is 32.1 Å². The van der Waals surface area contributed by atoms with E-state index in [0.717, 1.165) is 12.8 Å². The molecule has 1 rings (SSSR count). The number of nitrogens with two attached hydrogens (primary N) is 2. The van der Waals surface area contributed by atoms with Gasteiger partial charge in [-0.2, -0.15) is 0 Å². The normalized spacial score (nSPS) is 17.8. The summed E-state index contributed by atoms with van der Waals surface area (Å²) < 4.78 is 0. The molecule has 1 unspecified atom stereocenters. The summed E-state index contributed by atoms with van der Waals surface area (Å²) in [5, 5.41) is 11.3. The average molecular weight is 257 g/mol. The van der Waals surface area contributed by atoms with Crippen molar-refractivity contribution in [2.24, 2.45) is 17.4 Å². The molecule has 0 aromatic carbocycles. The molecule has 0 saturated heterocycles. The Labute approximate surface area is 105 Å². The van der Waals surface area contributed by atoms with Crippen LogP contribution in [0.3, 0.4) is 0 Å². The van der Waals surface area contributed by atoms with E-state index < -0.39 is 23.8 Å². The number of aliphatic carboxylic acids is 1. The molecule has 2 atom stereocenters. The Hall–Kier alpha value is -1.63. The van der Waals surface area contributed by atoms with Gasteiger partial charge in [0.2, 0.25) is 11.8 Å². The average Bonchev–Trinajstić information content (AvgIpc) is 3.06. The number of primary amides is 1. The summed E-state index contributed by atoms with van der Waals surface area (Å²) in [6.07, 6.45) is 2.09. The van der Waals surface area contributed by atoms with Gasteiger partial charge in [-0.25, -0.2) is 4.79 Å². The van der Waals surface area contributed by atoms with Crippen molar-refractivity contribution in [3.8, 4) is 0 Å². The summed E-state index contributed by atoms with van der Waals surface area (Å²) in [5.74, 6) is -1.79. The van der Waals surface area contributed by atoms with E-state index >= 15 is 0 Å². The predicted molar refractivity (Wildman–Crippen MR) is 63.3 cm³/mol. The maximum absolute atomic E-state index is 11.6. The van der Waals surface area contributed by atoms with Crippen LogP contribution in [-0.4, -0.2) is 35.0 Å². The molecule has 18 heavy (non-hydrogen) atoms. The second-order valence-electron chi connectivity index (χ2n) is 4.67. The van der Waals surface area contributed by atoms with Gasteiger partial charge >= 0.3 is 5.97 Å². The molecule has 0 heterocycles. The third-order valence-corrected chi connectivity index (χ3v) is 2.96. The van der Waals surface area contributed by atoms with Gasteiger partial charge in [0, 0.05) is 18.9 Å². The summed E-state index contributed by atoms with van der Waals surface area (Å²) in [5.41, 5.74) is 10.7. The van der Waals surface area contributed by atoms with Crippen molar-refractivity contribution in [1.82, 2.24) is 5.32 Å². The van der Waals surface area contributed by atoms with E-state index in [1.165, 1.54) is 0 Å². The fourth-order valence-corrected chi connectivity index (χ4v) is 1.70. The van der Waals surface area contributed by atoms with Gasteiger partial charge in [0.15, 0.2) is 0 Å². The highest BCUT2D eigenvalue weighted by molar-refractivity contribution is 5.84. The first-order valence-electron chi connectivity index (χ1n) is 5.96. The highest BCUT2D eigenvalue weighted by atomic mass is 16.4. The van der Waals surface area contributed by atoms with Gasteiger partial charge in [0.25, 0.3) is 0 Å². The summed E-state index contributed by atoms with van der Waals surface area (Å²) >= 11 is 0. The van der Waals surface area contributed by atoms with Crippen molar-refractivity contribution in [2.75, 3.05) is 0 Å². The number of carbonyl (C=O) groups is 3. The number of hydrogen-bond donors (Lipinski definition) is 4. The maximum Gasteiger partial charge on any atom is 0.326 e. The highest BCUT2D eigenvalue weighted by Crippen LogP contribution is 2.32. The lowest BCUT2D eigenvalue weighted by molar-refractivity contribution is -0.142. The van der Waals surface area contributed by atoms with Gasteiger partial charge in [-0.15, -0.1) is 0 Å². The lowest BCUT2D eigenvalue weighted by Gasteiger charge is -2.15. The molecule has 0 aromatic rings. The lowest BCUT2D eigenvalue weighted by atomic mass is 10.1. The van der Waals surface area contributed by atoms with Crippen LogP contribution >= 0.6 is 0 Å². The zero-order valence-electron chi connectivity index (χ0n) is 10.1. The molecule has 0 radical (unpaired) electrons. The van der Waals surface area contributed by atoms with Gasteiger partial charge in [0.05, 0.1) is 0 Å². The number of amides is 2. The highest BCUT2D eigenvalue weighted by Gasteiger charge is 2.30. The Kier molecular flexibility index (Phi) is 5.08. The minimum atomic E-state index is -1.18. The number of rotatable bonds is 8. The Bertz CT molecular complexity index is 341. The van der Waals surface area contributed by atoms with Crippen molar-refractivity contribution in [2.45, 2.75) is 44.2 Å². The topological polar surface area (TPSA) is 136 Å². The first-order valence-corrected chi connectivity index (χ1v) is 5.96. The monoisotopic (exact) mass is 257 g/mol. The smallest absolute Gasteiger partial charge is 0.326 e. The SMILES string of the molecule is NC(=O)CC[C@@H](NC(=O)CC(N)C1CC1)C(=O)O. The third-order valence-electron chi connectivity index (χ3n) is 2.96. The molecular weight excluding hydrogens is 238 g/mol. The number of carboxylic acid groups (broad SMARTS) is 1. The van der Waals surface area contributed by atoms with Gasteiger partial charge < -0.3 is 21.9 Å². The number of carboxylic acids is 1. The second kappa shape index (κ2) is 6.34. The standard InChI is InChI=1S/C11H19N3O4/c12-7(6-1-2-6)5-10(16)14-8(11(17)18)3-4-9(13)15/h6-8H,1-5,12H2,(H2,13,15)(H,14,16)(H,17,18)/t7?,8-/m1/s1. The molecule has 0 bridgehead atoms. The van der Waals surface area contributed by atoms with Crippen LogP contribution in [0.2, 0.25) is 0 Å². The van der Waals surface area contributed by atoms with Gasteiger partial charge in [0.1, 0.15) is 6.04 Å². The van der Waals surface area contributed by atoms with E-state index in [0.29, 0.717) is 5.92 Å². The van der Waals surface area contributed by atoms with E-state index in [-0.39, 0.29) is 25.3 Å². The van der Waals surface area contributed by atoms with Crippen LogP contribution in [-0.2, 0) is 14.4 Å². The molecule has 1 aliphatic carbocycles. The first kappa shape index (κ1) is 14.4. The molecule has 0 aliphatic heterocycles. The van der Waals surface area contributed by atoms with Crippen molar-refractivity contribution < 1.29 is 19.5 Å². The lowest BCUT2D eigenvalue weighted by Crippen LogP contribution is -2.43. The van der Waals surface area contributed by atoms with Crippen LogP contribution in [0.5, 0.6) is 0 Å². The van der Waals surface area contributed by atoms with Crippen LogP contribution in [0.4, 0.5) is 0 Å². The van der Waals surface area contributed by atoms with Crippen molar-refractivity contribution in [1.29, 1.82) is 0 Å². The summed E-state index contributed by atoms with van der Waals surface area (Å²) in [6.45, 7) is 0. The molecule has 102 valence electrons. The van der Waals surface area contributed by atoms with E-state index in [1.807, 2.05) is 0 Å². The van der Waals surface area contributed by atoms with E-state index in [4.69, 9.17) is 16.6 Å². The van der Waals surface area contributed by atoms with Crippen LogP contribution in [0.25, 0.3) is 0 Å². The third kappa shape index (κ3) is 5.13. The molecule has 7 heteroatoms. The van der Waals surface area contributed by atoms with Gasteiger partial charge in [-0.3, -0.25) is 9.59 Å². The minimum absolute atomic E-state index is 0.00489. The summed E-state index contributed by atoms with van der Waals surface area (Å²) in [4.78, 5) is 33.0. The Balaban J connectivity index is 2.36. The van der Waals surface area contributed by atoms with Crippen LogP contribution in [0.15, 0.2) is 0 Å². The van der Waals surface area contributed by atoms with Crippen molar-refractivity contribution in [3.05, 3.63) is 0 Å². The van der Waals surface area contributed by atoms with Gasteiger partial charge in [-0.05, 0) is 25.2 Å². The Morgan fingerprint density at radius 2 is 1.94 bits per heavy atom. The fourth-order valence-electron chi connectivity index (χ4n) is 1.70. The number of hydrogen-bond acceptors (Lipinski definition) is 4. The quantitative estimate of drug-likeness (QED) is 0.440. The molecule has 2 amide bonds. The molecule has 1 fully saturated rings. The first-order chi connectivity index (χ1) is 8.40. The summed E-state index contributed by atoms with van der Waals surface area (Å²) in [6, 6.07) is -1.30. The molecule has 0 spiro atoms. The van der Waals surface area contributed by atoms with Crippen molar-refractivity contribution >= 4 is 17.8 Å². The largest absolute Gasteiger partial charge is 0.480 e. The Morgan fingerprint density at radius 1 is 1.33 bits per heavy atom. The predicted octanol–water partition coefficient (Wildman–Crippen LogP) is -1.05. The molecule has 0 aromatic heterocycles. The number of nitrogens with one attached hydrogen (secondary N) is 1. The zero-order chi connectivity index (χ0) is 13.7. The molecule has 1 aliphatic rings. The maximum atomic E-state index is 11.6. The molecular formula is C11H19N3O4. The van der Waals surface area contributed by atoms with E-state index in [1.54, 1.807) is 0 Å². The number of carbonyl (C=O) groups excluding carboxylic acids is 2. The zero-order valence-corrected chi connectivity index (χ0v) is 10.1.